The molecule has 0 spiro atoms. The number of carbonyl (C=O) groups is 1. The van der Waals surface area contributed by atoms with Crippen molar-refractivity contribution in [3.63, 3.8) is 0 Å². The summed E-state index contributed by atoms with van der Waals surface area (Å²) in [5.74, 6) is -0.408. The van der Waals surface area contributed by atoms with E-state index < -0.39 is 5.97 Å². The van der Waals surface area contributed by atoms with Crippen LogP contribution >= 0.6 is 11.6 Å². The van der Waals surface area contributed by atoms with Crippen molar-refractivity contribution < 1.29 is 9.53 Å². The van der Waals surface area contributed by atoms with Crippen molar-refractivity contribution in [1.82, 2.24) is 4.57 Å². The first-order chi connectivity index (χ1) is 8.56. The Morgan fingerprint density at radius 2 is 2.22 bits per heavy atom. The molecule has 0 aliphatic rings. The minimum absolute atomic E-state index is 0.185. The van der Waals surface area contributed by atoms with Crippen LogP contribution in [0.15, 0.2) is 36.5 Å². The summed E-state index contributed by atoms with van der Waals surface area (Å²) in [4.78, 5) is 11.8. The van der Waals surface area contributed by atoms with Crippen molar-refractivity contribution in [2.75, 3.05) is 5.73 Å². The third-order valence-corrected chi connectivity index (χ3v) is 2.73. The second-order valence-electron chi connectivity index (χ2n) is 3.98. The number of hydrogen-bond acceptors (Lipinski definition) is 3. The van der Waals surface area contributed by atoms with Crippen LogP contribution in [-0.2, 0) is 18.4 Å². The summed E-state index contributed by atoms with van der Waals surface area (Å²) in [7, 11) is 1.74. The van der Waals surface area contributed by atoms with E-state index in [1.807, 2.05) is 12.1 Å². The third-order valence-electron chi connectivity index (χ3n) is 2.49. The number of rotatable bonds is 3. The van der Waals surface area contributed by atoms with Gasteiger partial charge >= 0.3 is 5.97 Å². The zero-order valence-corrected chi connectivity index (χ0v) is 10.6. The Labute approximate surface area is 110 Å². The maximum atomic E-state index is 11.8. The zero-order chi connectivity index (χ0) is 13.1. The van der Waals surface area contributed by atoms with Crippen molar-refractivity contribution in [2.45, 2.75) is 6.61 Å². The summed E-state index contributed by atoms with van der Waals surface area (Å²) >= 11 is 5.84. The molecule has 5 heteroatoms. The second kappa shape index (κ2) is 5.14. The van der Waals surface area contributed by atoms with Crippen LogP contribution in [0, 0.1) is 0 Å². The first kappa shape index (κ1) is 12.5. The Morgan fingerprint density at radius 1 is 1.44 bits per heavy atom. The molecule has 2 aromatic rings. The second-order valence-corrected chi connectivity index (χ2v) is 4.41. The molecule has 0 aliphatic heterocycles. The van der Waals surface area contributed by atoms with Crippen LogP contribution in [0.2, 0.25) is 5.02 Å². The fourth-order valence-electron chi connectivity index (χ4n) is 1.64. The highest BCUT2D eigenvalue weighted by Gasteiger charge is 2.12. The Balaban J connectivity index is 2.03. The number of halogens is 1. The maximum Gasteiger partial charge on any atom is 0.355 e. The zero-order valence-electron chi connectivity index (χ0n) is 9.89. The Morgan fingerprint density at radius 3 is 2.83 bits per heavy atom. The molecule has 1 aromatic heterocycles. The van der Waals surface area contributed by atoms with Gasteiger partial charge in [0, 0.05) is 18.3 Å². The molecular formula is C13H13ClN2O2. The lowest BCUT2D eigenvalue weighted by molar-refractivity contribution is 0.0461. The number of hydrogen-bond donors (Lipinski definition) is 1. The SMILES string of the molecule is Cn1cc(N)cc1C(=O)OCc1cccc(Cl)c1. The van der Waals surface area contributed by atoms with Gasteiger partial charge in [-0.05, 0) is 23.8 Å². The van der Waals surface area contributed by atoms with Gasteiger partial charge in [0.05, 0.1) is 5.69 Å². The van der Waals surface area contributed by atoms with Crippen molar-refractivity contribution in [1.29, 1.82) is 0 Å². The number of nitrogens with zero attached hydrogens (tertiary/aromatic N) is 1. The number of carbonyl (C=O) groups excluding carboxylic acids is 1. The van der Waals surface area contributed by atoms with Gasteiger partial charge in [-0.15, -0.1) is 0 Å². The molecule has 0 radical (unpaired) electrons. The van der Waals surface area contributed by atoms with Gasteiger partial charge in [0.25, 0.3) is 0 Å². The number of aromatic nitrogens is 1. The topological polar surface area (TPSA) is 57.2 Å². The molecule has 1 aromatic carbocycles. The normalized spacial score (nSPS) is 10.3. The number of nitrogens with two attached hydrogens (primary N) is 1. The van der Waals surface area contributed by atoms with Crippen LogP contribution in [0.25, 0.3) is 0 Å². The van der Waals surface area contributed by atoms with E-state index in [4.69, 9.17) is 22.1 Å². The standard InChI is InChI=1S/C13H13ClN2O2/c1-16-7-11(15)6-12(16)13(17)18-8-9-3-2-4-10(14)5-9/h2-7H,8,15H2,1H3. The van der Waals surface area contributed by atoms with Crippen LogP contribution in [0.1, 0.15) is 16.1 Å². The van der Waals surface area contributed by atoms with Gasteiger partial charge in [-0.3, -0.25) is 0 Å². The molecule has 0 saturated carbocycles. The summed E-state index contributed by atoms with van der Waals surface area (Å²) < 4.78 is 6.82. The lowest BCUT2D eigenvalue weighted by Crippen LogP contribution is -2.09. The summed E-state index contributed by atoms with van der Waals surface area (Å²) in [6, 6.07) is 8.77. The van der Waals surface area contributed by atoms with E-state index in [1.165, 1.54) is 0 Å². The number of aryl methyl sites for hydroxylation is 1. The molecule has 0 unspecified atom stereocenters. The summed E-state index contributed by atoms with van der Waals surface area (Å²) in [6.07, 6.45) is 1.66. The lowest BCUT2D eigenvalue weighted by atomic mass is 10.2. The minimum Gasteiger partial charge on any atom is -0.456 e. The Hall–Kier alpha value is -1.94. The van der Waals surface area contributed by atoms with Crippen LogP contribution in [-0.4, -0.2) is 10.5 Å². The highest BCUT2D eigenvalue weighted by molar-refractivity contribution is 6.30. The molecule has 0 atom stereocenters. The lowest BCUT2D eigenvalue weighted by Gasteiger charge is -2.05. The molecule has 4 nitrogen and oxygen atoms in total. The van der Waals surface area contributed by atoms with E-state index in [9.17, 15) is 4.79 Å². The highest BCUT2D eigenvalue weighted by atomic mass is 35.5. The molecule has 0 amide bonds. The van der Waals surface area contributed by atoms with Crippen molar-refractivity contribution in [2.24, 2.45) is 7.05 Å². The largest absolute Gasteiger partial charge is 0.456 e. The molecule has 0 saturated heterocycles. The van der Waals surface area contributed by atoms with Crippen LogP contribution < -0.4 is 5.73 Å². The van der Waals surface area contributed by atoms with E-state index in [0.29, 0.717) is 16.4 Å². The molecule has 1 heterocycles. The van der Waals surface area contributed by atoms with E-state index >= 15 is 0 Å². The van der Waals surface area contributed by atoms with E-state index in [2.05, 4.69) is 0 Å². The molecule has 0 bridgehead atoms. The predicted molar refractivity (Wildman–Crippen MR) is 70.4 cm³/mol. The molecular weight excluding hydrogens is 252 g/mol. The van der Waals surface area contributed by atoms with E-state index in [0.717, 1.165) is 5.56 Å². The Kier molecular flexibility index (Phi) is 3.58. The predicted octanol–water partition coefficient (Wildman–Crippen LogP) is 2.62. The first-order valence-corrected chi connectivity index (χ1v) is 5.77. The first-order valence-electron chi connectivity index (χ1n) is 5.39. The van der Waals surface area contributed by atoms with Gasteiger partial charge < -0.3 is 15.0 Å². The van der Waals surface area contributed by atoms with E-state index in [-0.39, 0.29) is 6.61 Å². The number of ether oxygens (including phenoxy) is 1. The minimum atomic E-state index is -0.408. The van der Waals surface area contributed by atoms with Gasteiger partial charge in [-0.2, -0.15) is 0 Å². The smallest absolute Gasteiger partial charge is 0.355 e. The number of anilines is 1. The summed E-state index contributed by atoms with van der Waals surface area (Å²) in [5.41, 5.74) is 7.40. The van der Waals surface area contributed by atoms with E-state index in [1.54, 1.807) is 36.0 Å². The van der Waals surface area contributed by atoms with Gasteiger partial charge in [0.15, 0.2) is 0 Å². The average Bonchev–Trinajstić information content (AvgIpc) is 2.66. The number of nitrogen functional groups attached to an aromatic ring is 1. The van der Waals surface area contributed by atoms with Crippen LogP contribution in [0.3, 0.4) is 0 Å². The molecule has 18 heavy (non-hydrogen) atoms. The number of benzene rings is 1. The monoisotopic (exact) mass is 264 g/mol. The fourth-order valence-corrected chi connectivity index (χ4v) is 1.86. The fraction of sp³-hybridized carbons (Fsp3) is 0.154. The highest BCUT2D eigenvalue weighted by Crippen LogP contribution is 2.14. The van der Waals surface area contributed by atoms with Gasteiger partial charge in [-0.1, -0.05) is 23.7 Å². The Bertz CT molecular complexity index is 578. The van der Waals surface area contributed by atoms with Crippen molar-refractivity contribution in [3.05, 3.63) is 52.8 Å². The average molecular weight is 265 g/mol. The van der Waals surface area contributed by atoms with Crippen molar-refractivity contribution >= 4 is 23.3 Å². The quantitative estimate of drug-likeness (QED) is 0.867. The number of esters is 1. The van der Waals surface area contributed by atoms with Gasteiger partial charge in [-0.25, -0.2) is 4.79 Å². The van der Waals surface area contributed by atoms with Crippen LogP contribution in [0.5, 0.6) is 0 Å². The van der Waals surface area contributed by atoms with Crippen LogP contribution in [0.4, 0.5) is 5.69 Å². The molecule has 2 rings (SSSR count). The van der Waals surface area contributed by atoms with Gasteiger partial charge in [0.2, 0.25) is 0 Å². The summed E-state index contributed by atoms with van der Waals surface area (Å²) in [5, 5.41) is 0.617. The molecule has 94 valence electrons. The molecule has 2 N–H and O–H groups in total. The summed E-state index contributed by atoms with van der Waals surface area (Å²) in [6.45, 7) is 0.185. The van der Waals surface area contributed by atoms with Crippen molar-refractivity contribution in [3.8, 4) is 0 Å². The third kappa shape index (κ3) is 2.84. The van der Waals surface area contributed by atoms with Gasteiger partial charge in [0.1, 0.15) is 12.3 Å². The molecule has 0 fully saturated rings. The molecule has 0 aliphatic carbocycles. The maximum absolute atomic E-state index is 11.8.